The molecule has 0 saturated carbocycles. The molecule has 2 rings (SSSR count). The highest BCUT2D eigenvalue weighted by molar-refractivity contribution is 5.86. The van der Waals surface area contributed by atoms with Gasteiger partial charge in [-0.1, -0.05) is 24.3 Å². The smallest absolute Gasteiger partial charge is 0.227 e. The third-order valence-electron chi connectivity index (χ3n) is 3.17. The first-order valence-corrected chi connectivity index (χ1v) is 6.37. The van der Waals surface area contributed by atoms with Crippen molar-refractivity contribution in [2.45, 2.75) is 18.8 Å². The van der Waals surface area contributed by atoms with Crippen LogP contribution in [-0.2, 0) is 16.0 Å². The summed E-state index contributed by atoms with van der Waals surface area (Å²) in [7, 11) is 0. The second-order valence-corrected chi connectivity index (χ2v) is 4.44. The van der Waals surface area contributed by atoms with Crippen molar-refractivity contribution in [3.63, 3.8) is 0 Å². The summed E-state index contributed by atoms with van der Waals surface area (Å²) < 4.78 is 5.12. The lowest BCUT2D eigenvalue weighted by Crippen LogP contribution is -2.36. The van der Waals surface area contributed by atoms with E-state index < -0.39 is 0 Å². The van der Waals surface area contributed by atoms with Crippen LogP contribution in [0.4, 0.5) is 0 Å². The number of aliphatic hydroxyl groups is 1. The third-order valence-corrected chi connectivity index (χ3v) is 3.17. The van der Waals surface area contributed by atoms with Gasteiger partial charge in [-0.3, -0.25) is 4.79 Å². The number of amides is 1. The van der Waals surface area contributed by atoms with Crippen LogP contribution in [0.25, 0.3) is 0 Å². The van der Waals surface area contributed by atoms with Crippen LogP contribution < -0.4 is 5.32 Å². The topological polar surface area (TPSA) is 58.6 Å². The molecule has 0 aliphatic heterocycles. The lowest BCUT2D eigenvalue weighted by Gasteiger charge is -2.28. The highest BCUT2D eigenvalue weighted by Gasteiger charge is 2.31. The van der Waals surface area contributed by atoms with Crippen molar-refractivity contribution >= 4 is 5.91 Å². The van der Waals surface area contributed by atoms with Crippen molar-refractivity contribution < 1.29 is 14.6 Å². The minimum absolute atomic E-state index is 0.0274. The van der Waals surface area contributed by atoms with Crippen LogP contribution >= 0.6 is 0 Å². The Labute approximate surface area is 107 Å². The molecule has 0 heterocycles. The molecule has 4 heteroatoms. The summed E-state index contributed by atoms with van der Waals surface area (Å²) in [4.78, 5) is 11.9. The maximum absolute atomic E-state index is 11.9. The normalized spacial score (nSPS) is 16.8. The van der Waals surface area contributed by atoms with Gasteiger partial charge >= 0.3 is 0 Å². The number of hydrogen-bond donors (Lipinski definition) is 2. The summed E-state index contributed by atoms with van der Waals surface area (Å²) in [5.41, 5.74) is 2.44. The van der Waals surface area contributed by atoms with Gasteiger partial charge < -0.3 is 15.2 Å². The molecule has 0 radical (unpaired) electrons. The Balaban J connectivity index is 1.65. The average molecular weight is 249 g/mol. The van der Waals surface area contributed by atoms with Crippen molar-refractivity contribution in [3.8, 4) is 0 Å². The van der Waals surface area contributed by atoms with Crippen molar-refractivity contribution in [1.82, 2.24) is 5.32 Å². The molecule has 1 unspecified atom stereocenters. The third kappa shape index (κ3) is 3.09. The van der Waals surface area contributed by atoms with E-state index in [0.717, 1.165) is 18.4 Å². The van der Waals surface area contributed by atoms with Crippen molar-refractivity contribution in [1.29, 1.82) is 0 Å². The van der Waals surface area contributed by atoms with Crippen LogP contribution in [0, 0.1) is 0 Å². The van der Waals surface area contributed by atoms with Gasteiger partial charge in [-0.2, -0.15) is 0 Å². The summed E-state index contributed by atoms with van der Waals surface area (Å²) in [6.07, 6.45) is 1.63. The maximum Gasteiger partial charge on any atom is 0.227 e. The average Bonchev–Trinajstić information content (AvgIpc) is 2.35. The first-order chi connectivity index (χ1) is 8.83. The maximum atomic E-state index is 11.9. The molecule has 1 aliphatic rings. The highest BCUT2D eigenvalue weighted by atomic mass is 16.5. The Morgan fingerprint density at radius 1 is 1.39 bits per heavy atom. The van der Waals surface area contributed by atoms with Gasteiger partial charge in [-0.15, -0.1) is 0 Å². The molecule has 1 atom stereocenters. The quantitative estimate of drug-likeness (QED) is 0.704. The molecule has 0 fully saturated rings. The molecule has 1 aromatic rings. The Bertz CT molecular complexity index is 406. The zero-order chi connectivity index (χ0) is 12.8. The van der Waals surface area contributed by atoms with Crippen LogP contribution in [0.3, 0.4) is 0 Å². The molecule has 2 N–H and O–H groups in total. The van der Waals surface area contributed by atoms with Gasteiger partial charge in [-0.25, -0.2) is 0 Å². The van der Waals surface area contributed by atoms with Crippen molar-refractivity contribution in [2.75, 3.05) is 26.4 Å². The molecule has 0 spiro atoms. The van der Waals surface area contributed by atoms with Gasteiger partial charge in [-0.05, 0) is 24.0 Å². The van der Waals surface area contributed by atoms with Gasteiger partial charge in [0.1, 0.15) is 0 Å². The Morgan fingerprint density at radius 3 is 3.00 bits per heavy atom. The molecule has 1 amide bonds. The molecule has 0 aromatic heterocycles. The van der Waals surface area contributed by atoms with Gasteiger partial charge in [0.15, 0.2) is 0 Å². The summed E-state index contributed by atoms with van der Waals surface area (Å²) in [6, 6.07) is 8.07. The fourth-order valence-corrected chi connectivity index (χ4v) is 2.17. The Kier molecular flexibility index (Phi) is 4.73. The second kappa shape index (κ2) is 6.52. The van der Waals surface area contributed by atoms with E-state index in [1.807, 2.05) is 18.2 Å². The van der Waals surface area contributed by atoms with Crippen molar-refractivity contribution in [2.24, 2.45) is 0 Å². The van der Waals surface area contributed by atoms with E-state index in [1.165, 1.54) is 5.56 Å². The van der Waals surface area contributed by atoms with Gasteiger partial charge in [0, 0.05) is 13.2 Å². The number of benzene rings is 1. The number of carbonyl (C=O) groups excluding carboxylic acids is 1. The number of carbonyl (C=O) groups is 1. The number of ether oxygens (including phenoxy) is 1. The predicted molar refractivity (Wildman–Crippen MR) is 68.4 cm³/mol. The fraction of sp³-hybridized carbons (Fsp3) is 0.500. The second-order valence-electron chi connectivity index (χ2n) is 4.44. The van der Waals surface area contributed by atoms with E-state index in [9.17, 15) is 4.79 Å². The molecule has 18 heavy (non-hydrogen) atoms. The van der Waals surface area contributed by atoms with E-state index in [0.29, 0.717) is 19.8 Å². The largest absolute Gasteiger partial charge is 0.394 e. The SMILES string of the molecule is O=C(NCCCOCCO)C1Cc2ccccc21. The minimum Gasteiger partial charge on any atom is -0.394 e. The minimum atomic E-state index is 0.0274. The molecular weight excluding hydrogens is 230 g/mol. The monoisotopic (exact) mass is 249 g/mol. The highest BCUT2D eigenvalue weighted by Crippen LogP contribution is 2.34. The molecule has 98 valence electrons. The lowest BCUT2D eigenvalue weighted by molar-refractivity contribution is -0.123. The molecule has 4 nitrogen and oxygen atoms in total. The Morgan fingerprint density at radius 2 is 2.22 bits per heavy atom. The van der Waals surface area contributed by atoms with Crippen LogP contribution in [0.1, 0.15) is 23.5 Å². The molecular formula is C14H19NO3. The summed E-state index contributed by atoms with van der Waals surface area (Å²) >= 11 is 0. The number of fused-ring (bicyclic) bond motifs is 1. The zero-order valence-corrected chi connectivity index (χ0v) is 10.4. The first kappa shape index (κ1) is 13.1. The van der Waals surface area contributed by atoms with Crippen LogP contribution in [0.2, 0.25) is 0 Å². The molecule has 0 saturated heterocycles. The van der Waals surface area contributed by atoms with E-state index in [-0.39, 0.29) is 18.4 Å². The summed E-state index contributed by atoms with van der Waals surface area (Å²) in [6.45, 7) is 1.61. The van der Waals surface area contributed by atoms with E-state index in [2.05, 4.69) is 11.4 Å². The number of rotatable bonds is 7. The zero-order valence-electron chi connectivity index (χ0n) is 10.4. The fourth-order valence-electron chi connectivity index (χ4n) is 2.17. The number of nitrogens with one attached hydrogen (secondary N) is 1. The summed E-state index contributed by atoms with van der Waals surface area (Å²) in [5, 5.41) is 11.4. The van der Waals surface area contributed by atoms with Gasteiger partial charge in [0.2, 0.25) is 5.91 Å². The van der Waals surface area contributed by atoms with E-state index >= 15 is 0 Å². The predicted octanol–water partition coefficient (Wildman–Crippen LogP) is 0.841. The molecule has 0 bridgehead atoms. The van der Waals surface area contributed by atoms with Crippen molar-refractivity contribution in [3.05, 3.63) is 35.4 Å². The summed E-state index contributed by atoms with van der Waals surface area (Å²) in [5.74, 6) is 0.135. The molecule has 1 aliphatic carbocycles. The van der Waals surface area contributed by atoms with Gasteiger partial charge in [0.25, 0.3) is 0 Å². The number of hydrogen-bond acceptors (Lipinski definition) is 3. The van der Waals surface area contributed by atoms with Crippen LogP contribution in [0.5, 0.6) is 0 Å². The van der Waals surface area contributed by atoms with E-state index in [4.69, 9.17) is 9.84 Å². The van der Waals surface area contributed by atoms with E-state index in [1.54, 1.807) is 0 Å². The number of aliphatic hydroxyl groups excluding tert-OH is 1. The van der Waals surface area contributed by atoms with Crippen LogP contribution in [-0.4, -0.2) is 37.4 Å². The Hall–Kier alpha value is -1.39. The van der Waals surface area contributed by atoms with Gasteiger partial charge in [0.05, 0.1) is 19.1 Å². The molecule has 1 aromatic carbocycles. The first-order valence-electron chi connectivity index (χ1n) is 6.37. The lowest BCUT2D eigenvalue weighted by atomic mass is 9.77. The van der Waals surface area contributed by atoms with Crippen LogP contribution in [0.15, 0.2) is 24.3 Å². The standard InChI is InChI=1S/C14H19NO3/c16-7-9-18-8-3-6-15-14(17)13-10-11-4-1-2-5-12(11)13/h1-2,4-5,13,16H,3,6-10H2,(H,15,17).